The molecule has 1 aromatic rings. The lowest BCUT2D eigenvalue weighted by Crippen LogP contribution is -2.45. The second-order valence-corrected chi connectivity index (χ2v) is 6.69. The van der Waals surface area contributed by atoms with Crippen LogP contribution in [0.5, 0.6) is 0 Å². The Morgan fingerprint density at radius 1 is 1.19 bits per heavy atom. The summed E-state index contributed by atoms with van der Waals surface area (Å²) in [6.07, 6.45) is 2.92. The summed E-state index contributed by atoms with van der Waals surface area (Å²) in [5, 5.41) is 13.4. The standard InChI is InChI=1S/C17H20N4O5/c1-17(12-5-7-13(8-6-12)21(25)26)15(23)20(16(24)18-17)11-14(22)19-9-3-2-4-10-19/h5-8H,2-4,9-11H2,1H3,(H,18,24). The molecule has 9 heteroatoms. The number of rotatable bonds is 4. The van der Waals surface area contributed by atoms with Crippen LogP contribution in [0.1, 0.15) is 31.7 Å². The number of hydrogen-bond acceptors (Lipinski definition) is 5. The Morgan fingerprint density at radius 2 is 1.81 bits per heavy atom. The van der Waals surface area contributed by atoms with Crippen LogP contribution in [0.15, 0.2) is 24.3 Å². The zero-order valence-corrected chi connectivity index (χ0v) is 14.4. The van der Waals surface area contributed by atoms with Crippen molar-refractivity contribution in [1.82, 2.24) is 15.1 Å². The van der Waals surface area contributed by atoms with Gasteiger partial charge in [-0.25, -0.2) is 4.79 Å². The zero-order valence-electron chi connectivity index (χ0n) is 14.4. The Labute approximate surface area is 150 Å². The van der Waals surface area contributed by atoms with Gasteiger partial charge in [-0.3, -0.25) is 24.6 Å². The first kappa shape index (κ1) is 17.8. The van der Waals surface area contributed by atoms with Gasteiger partial charge in [-0.1, -0.05) is 0 Å². The molecule has 2 aliphatic heterocycles. The largest absolute Gasteiger partial charge is 0.341 e. The van der Waals surface area contributed by atoms with E-state index in [0.717, 1.165) is 24.2 Å². The predicted octanol–water partition coefficient (Wildman–Crippen LogP) is 1.37. The number of nitrogens with zero attached hydrogens (tertiary/aromatic N) is 3. The van der Waals surface area contributed by atoms with Crippen molar-refractivity contribution in [3.63, 3.8) is 0 Å². The second-order valence-electron chi connectivity index (χ2n) is 6.69. The van der Waals surface area contributed by atoms with E-state index in [1.807, 2.05) is 0 Å². The highest BCUT2D eigenvalue weighted by Gasteiger charge is 2.49. The van der Waals surface area contributed by atoms with Gasteiger partial charge in [-0.15, -0.1) is 0 Å². The molecule has 26 heavy (non-hydrogen) atoms. The quantitative estimate of drug-likeness (QED) is 0.495. The summed E-state index contributed by atoms with van der Waals surface area (Å²) in [6.45, 7) is 2.51. The molecule has 1 unspecified atom stereocenters. The first-order valence-corrected chi connectivity index (χ1v) is 8.50. The number of piperidine rings is 1. The number of likely N-dealkylation sites (tertiary alicyclic amines) is 1. The molecular weight excluding hydrogens is 340 g/mol. The van der Waals surface area contributed by atoms with Crippen LogP contribution in [0.3, 0.4) is 0 Å². The molecule has 9 nitrogen and oxygen atoms in total. The van der Waals surface area contributed by atoms with Crippen molar-refractivity contribution in [3.8, 4) is 0 Å². The zero-order chi connectivity index (χ0) is 18.9. The number of carbonyl (C=O) groups is 3. The van der Waals surface area contributed by atoms with Gasteiger partial charge in [0.05, 0.1) is 4.92 Å². The Bertz CT molecular complexity index is 757. The Morgan fingerprint density at radius 3 is 2.38 bits per heavy atom. The number of hydrogen-bond donors (Lipinski definition) is 1. The second kappa shape index (κ2) is 6.74. The van der Waals surface area contributed by atoms with Crippen molar-refractivity contribution in [2.75, 3.05) is 19.6 Å². The molecular formula is C17H20N4O5. The van der Waals surface area contributed by atoms with Crippen LogP contribution in [0.2, 0.25) is 0 Å². The molecule has 0 spiro atoms. The average molecular weight is 360 g/mol. The maximum Gasteiger partial charge on any atom is 0.325 e. The number of non-ortho nitro benzene ring substituents is 1. The van der Waals surface area contributed by atoms with Crippen LogP contribution in [0, 0.1) is 10.1 Å². The lowest BCUT2D eigenvalue weighted by Gasteiger charge is -2.28. The van der Waals surface area contributed by atoms with Crippen molar-refractivity contribution in [2.45, 2.75) is 31.7 Å². The molecule has 2 heterocycles. The smallest absolute Gasteiger partial charge is 0.325 e. The molecule has 2 fully saturated rings. The molecule has 1 N–H and O–H groups in total. The van der Waals surface area contributed by atoms with Gasteiger partial charge in [0, 0.05) is 25.2 Å². The van der Waals surface area contributed by atoms with Crippen LogP contribution >= 0.6 is 0 Å². The number of imide groups is 1. The first-order chi connectivity index (χ1) is 12.3. The monoisotopic (exact) mass is 360 g/mol. The molecule has 1 aromatic carbocycles. The summed E-state index contributed by atoms with van der Waals surface area (Å²) in [6, 6.07) is 4.79. The van der Waals surface area contributed by atoms with Gasteiger partial charge in [0.1, 0.15) is 12.1 Å². The van der Waals surface area contributed by atoms with E-state index in [9.17, 15) is 24.5 Å². The number of urea groups is 1. The highest BCUT2D eigenvalue weighted by molar-refractivity contribution is 6.09. The number of nitro groups is 1. The van der Waals surface area contributed by atoms with Crippen LogP contribution in [0.4, 0.5) is 10.5 Å². The van der Waals surface area contributed by atoms with Crippen molar-refractivity contribution < 1.29 is 19.3 Å². The van der Waals surface area contributed by atoms with E-state index < -0.39 is 22.4 Å². The summed E-state index contributed by atoms with van der Waals surface area (Å²) in [4.78, 5) is 50.3. The van der Waals surface area contributed by atoms with Gasteiger partial charge >= 0.3 is 6.03 Å². The van der Waals surface area contributed by atoms with Gasteiger partial charge in [0.15, 0.2) is 0 Å². The molecule has 138 valence electrons. The topological polar surface area (TPSA) is 113 Å². The number of nitrogens with one attached hydrogen (secondary N) is 1. The molecule has 0 aliphatic carbocycles. The van der Waals surface area contributed by atoms with E-state index >= 15 is 0 Å². The normalized spacial score (nSPS) is 23.1. The van der Waals surface area contributed by atoms with E-state index in [1.54, 1.807) is 4.90 Å². The maximum absolute atomic E-state index is 12.8. The molecule has 0 aromatic heterocycles. The molecule has 1 atom stereocenters. The van der Waals surface area contributed by atoms with Crippen molar-refractivity contribution >= 4 is 23.5 Å². The Kier molecular flexibility index (Phi) is 4.62. The highest BCUT2D eigenvalue weighted by Crippen LogP contribution is 2.30. The van der Waals surface area contributed by atoms with E-state index in [-0.39, 0.29) is 18.1 Å². The third kappa shape index (κ3) is 3.12. The predicted molar refractivity (Wildman–Crippen MR) is 91.1 cm³/mol. The third-order valence-electron chi connectivity index (χ3n) is 4.93. The molecule has 4 amide bonds. The van der Waals surface area contributed by atoms with E-state index in [2.05, 4.69) is 5.32 Å². The van der Waals surface area contributed by atoms with Crippen LogP contribution in [0.25, 0.3) is 0 Å². The van der Waals surface area contributed by atoms with Crippen molar-refractivity contribution in [3.05, 3.63) is 39.9 Å². The van der Waals surface area contributed by atoms with Gasteiger partial charge in [0.25, 0.3) is 11.6 Å². The SMILES string of the molecule is CC1(c2ccc([N+](=O)[O-])cc2)NC(=O)N(CC(=O)N2CCCCC2)C1=O. The van der Waals surface area contributed by atoms with Crippen LogP contribution in [-0.4, -0.2) is 52.2 Å². The molecule has 2 saturated heterocycles. The Balaban J connectivity index is 1.76. The average Bonchev–Trinajstić information content (AvgIpc) is 2.86. The molecule has 0 bridgehead atoms. The van der Waals surface area contributed by atoms with Gasteiger partial charge in [0.2, 0.25) is 5.91 Å². The maximum atomic E-state index is 12.8. The highest BCUT2D eigenvalue weighted by atomic mass is 16.6. The third-order valence-corrected chi connectivity index (χ3v) is 4.93. The molecule has 0 radical (unpaired) electrons. The summed E-state index contributed by atoms with van der Waals surface area (Å²) in [5.41, 5.74) is -1.03. The number of amides is 4. The van der Waals surface area contributed by atoms with Crippen molar-refractivity contribution in [2.24, 2.45) is 0 Å². The van der Waals surface area contributed by atoms with E-state index in [1.165, 1.54) is 31.2 Å². The summed E-state index contributed by atoms with van der Waals surface area (Å²) < 4.78 is 0. The Hall–Kier alpha value is -2.97. The molecule has 3 rings (SSSR count). The van der Waals surface area contributed by atoms with Crippen LogP contribution < -0.4 is 5.32 Å². The van der Waals surface area contributed by atoms with Gasteiger partial charge in [-0.05, 0) is 43.9 Å². The lowest BCUT2D eigenvalue weighted by atomic mass is 9.92. The first-order valence-electron chi connectivity index (χ1n) is 8.50. The number of benzene rings is 1. The van der Waals surface area contributed by atoms with Gasteiger partial charge < -0.3 is 10.2 Å². The summed E-state index contributed by atoms with van der Waals surface area (Å²) in [5.74, 6) is -0.789. The van der Waals surface area contributed by atoms with Gasteiger partial charge in [-0.2, -0.15) is 0 Å². The number of carbonyl (C=O) groups excluding carboxylic acids is 3. The summed E-state index contributed by atoms with van der Waals surface area (Å²) in [7, 11) is 0. The van der Waals surface area contributed by atoms with Crippen LogP contribution in [-0.2, 0) is 15.1 Å². The van der Waals surface area contributed by atoms with E-state index in [4.69, 9.17) is 0 Å². The molecule has 0 saturated carbocycles. The minimum Gasteiger partial charge on any atom is -0.341 e. The molecule has 2 aliphatic rings. The van der Waals surface area contributed by atoms with Crippen molar-refractivity contribution in [1.29, 1.82) is 0 Å². The minimum absolute atomic E-state index is 0.105. The lowest BCUT2D eigenvalue weighted by molar-refractivity contribution is -0.384. The fourth-order valence-corrected chi connectivity index (χ4v) is 3.33. The van der Waals surface area contributed by atoms with E-state index in [0.29, 0.717) is 18.7 Å². The fourth-order valence-electron chi connectivity index (χ4n) is 3.33. The summed E-state index contributed by atoms with van der Waals surface area (Å²) >= 11 is 0. The minimum atomic E-state index is -1.35. The fraction of sp³-hybridized carbons (Fsp3) is 0.471. The number of nitro benzene ring substituents is 1.